The van der Waals surface area contributed by atoms with Crippen molar-refractivity contribution in [1.82, 2.24) is 10.3 Å². The summed E-state index contributed by atoms with van der Waals surface area (Å²) < 4.78 is 0. The van der Waals surface area contributed by atoms with Crippen LogP contribution in [0, 0.1) is 0 Å². The van der Waals surface area contributed by atoms with Crippen LogP contribution in [0.2, 0.25) is 0 Å². The Morgan fingerprint density at radius 3 is 2.93 bits per heavy atom. The summed E-state index contributed by atoms with van der Waals surface area (Å²) in [5.74, 6) is -0.0521. The molecule has 2 aromatic rings. The molecule has 1 aromatic heterocycles. The first kappa shape index (κ1) is 8.81. The number of hydrogen-bond acceptors (Lipinski definition) is 1. The molecule has 14 heavy (non-hydrogen) atoms. The Labute approximate surface area is 82.1 Å². The molecule has 3 nitrogen and oxygen atoms in total. The zero-order valence-electron chi connectivity index (χ0n) is 8.00. The Kier molecular flexibility index (Phi) is 2.23. The van der Waals surface area contributed by atoms with E-state index in [2.05, 4.69) is 10.3 Å². The van der Waals surface area contributed by atoms with Crippen molar-refractivity contribution in [3.05, 3.63) is 36.0 Å². The van der Waals surface area contributed by atoms with Gasteiger partial charge in [0.05, 0.1) is 0 Å². The van der Waals surface area contributed by atoms with Crippen molar-refractivity contribution in [3.63, 3.8) is 0 Å². The Morgan fingerprint density at radius 2 is 2.21 bits per heavy atom. The largest absolute Gasteiger partial charge is 0.351 e. The third-order valence-corrected chi connectivity index (χ3v) is 2.11. The molecule has 2 N–H and O–H groups in total. The molecule has 0 saturated carbocycles. The average molecular weight is 188 g/mol. The molecule has 72 valence electrons. The summed E-state index contributed by atoms with van der Waals surface area (Å²) in [5, 5.41) is 3.82. The highest BCUT2D eigenvalue weighted by molar-refractivity contribution is 5.97. The van der Waals surface area contributed by atoms with Gasteiger partial charge in [-0.1, -0.05) is 18.2 Å². The number of aromatic nitrogens is 1. The quantitative estimate of drug-likeness (QED) is 0.743. The molecule has 0 unspecified atom stereocenters. The predicted molar refractivity (Wildman–Crippen MR) is 56.3 cm³/mol. The highest BCUT2D eigenvalue weighted by Crippen LogP contribution is 2.14. The summed E-state index contributed by atoms with van der Waals surface area (Å²) in [4.78, 5) is 14.5. The Morgan fingerprint density at radius 1 is 1.43 bits per heavy atom. The van der Waals surface area contributed by atoms with Gasteiger partial charge in [0, 0.05) is 17.4 Å². The van der Waals surface area contributed by atoms with Crippen molar-refractivity contribution < 1.29 is 4.79 Å². The van der Waals surface area contributed by atoms with E-state index in [4.69, 9.17) is 0 Å². The van der Waals surface area contributed by atoms with Crippen LogP contribution in [0.25, 0.3) is 10.9 Å². The number of nitrogens with one attached hydrogen (secondary N) is 2. The number of H-pyrrole nitrogens is 1. The predicted octanol–water partition coefficient (Wildman–Crippen LogP) is 1.92. The number of benzene rings is 1. The van der Waals surface area contributed by atoms with Gasteiger partial charge in [0.1, 0.15) is 5.69 Å². The molecule has 1 heterocycles. The fraction of sp³-hybridized carbons (Fsp3) is 0.182. The molecule has 0 atom stereocenters. The van der Waals surface area contributed by atoms with Gasteiger partial charge in [0.25, 0.3) is 5.91 Å². The van der Waals surface area contributed by atoms with Crippen LogP contribution in [0.15, 0.2) is 30.3 Å². The van der Waals surface area contributed by atoms with E-state index in [9.17, 15) is 4.79 Å². The van der Waals surface area contributed by atoms with Crippen molar-refractivity contribution in [2.45, 2.75) is 6.92 Å². The number of aromatic amines is 1. The zero-order valence-corrected chi connectivity index (χ0v) is 8.00. The minimum atomic E-state index is -0.0521. The lowest BCUT2D eigenvalue weighted by Gasteiger charge is -1.96. The Balaban J connectivity index is 2.40. The summed E-state index contributed by atoms with van der Waals surface area (Å²) >= 11 is 0. The van der Waals surface area contributed by atoms with Gasteiger partial charge in [0.2, 0.25) is 0 Å². The molecule has 0 aliphatic carbocycles. The molecule has 0 radical (unpaired) electrons. The van der Waals surface area contributed by atoms with Crippen molar-refractivity contribution >= 4 is 16.8 Å². The third kappa shape index (κ3) is 1.48. The van der Waals surface area contributed by atoms with E-state index in [0.29, 0.717) is 12.2 Å². The van der Waals surface area contributed by atoms with Crippen LogP contribution >= 0.6 is 0 Å². The Hall–Kier alpha value is -1.77. The fourth-order valence-corrected chi connectivity index (χ4v) is 1.45. The maximum atomic E-state index is 11.5. The van der Waals surface area contributed by atoms with Crippen molar-refractivity contribution in [1.29, 1.82) is 0 Å². The first-order chi connectivity index (χ1) is 6.81. The smallest absolute Gasteiger partial charge is 0.267 e. The summed E-state index contributed by atoms with van der Waals surface area (Å²) in [6.45, 7) is 2.55. The second kappa shape index (κ2) is 3.54. The minimum Gasteiger partial charge on any atom is -0.351 e. The van der Waals surface area contributed by atoms with Gasteiger partial charge < -0.3 is 10.3 Å². The van der Waals surface area contributed by atoms with Crippen LogP contribution in [-0.4, -0.2) is 17.4 Å². The number of para-hydroxylation sites is 1. The number of carbonyl (C=O) groups is 1. The standard InChI is InChI=1S/C11H12N2O/c1-2-12-11(14)10-7-8-5-3-4-6-9(8)13-10/h3-7,13H,2H2,1H3,(H,12,14). The molecule has 1 aromatic carbocycles. The molecule has 0 aliphatic rings. The van der Waals surface area contributed by atoms with Crippen molar-refractivity contribution in [2.24, 2.45) is 0 Å². The van der Waals surface area contributed by atoms with Gasteiger partial charge >= 0.3 is 0 Å². The number of fused-ring (bicyclic) bond motifs is 1. The SMILES string of the molecule is CCNC(=O)c1cc2ccccc2[nH]1. The van der Waals surface area contributed by atoms with Gasteiger partial charge in [-0.3, -0.25) is 4.79 Å². The van der Waals surface area contributed by atoms with E-state index in [0.717, 1.165) is 10.9 Å². The topological polar surface area (TPSA) is 44.9 Å². The molecule has 0 saturated heterocycles. The van der Waals surface area contributed by atoms with Crippen LogP contribution < -0.4 is 5.32 Å². The second-order valence-corrected chi connectivity index (χ2v) is 3.13. The van der Waals surface area contributed by atoms with Gasteiger partial charge in [0.15, 0.2) is 0 Å². The second-order valence-electron chi connectivity index (χ2n) is 3.13. The first-order valence-corrected chi connectivity index (χ1v) is 4.67. The van der Waals surface area contributed by atoms with Crippen molar-refractivity contribution in [3.8, 4) is 0 Å². The van der Waals surface area contributed by atoms with Crippen molar-refractivity contribution in [2.75, 3.05) is 6.54 Å². The summed E-state index contributed by atoms with van der Waals surface area (Å²) in [6.07, 6.45) is 0. The lowest BCUT2D eigenvalue weighted by atomic mass is 10.2. The van der Waals surface area contributed by atoms with Crippen LogP contribution in [0.1, 0.15) is 17.4 Å². The molecule has 0 fully saturated rings. The van der Waals surface area contributed by atoms with Crippen LogP contribution in [0.5, 0.6) is 0 Å². The Bertz CT molecular complexity index is 426. The van der Waals surface area contributed by atoms with Crippen LogP contribution in [0.4, 0.5) is 0 Å². The van der Waals surface area contributed by atoms with E-state index < -0.39 is 0 Å². The third-order valence-electron chi connectivity index (χ3n) is 2.11. The maximum Gasteiger partial charge on any atom is 0.267 e. The van der Waals surface area contributed by atoms with E-state index in [1.165, 1.54) is 0 Å². The lowest BCUT2D eigenvalue weighted by Crippen LogP contribution is -2.22. The number of hydrogen-bond donors (Lipinski definition) is 2. The van der Waals surface area contributed by atoms with E-state index in [1.54, 1.807) is 0 Å². The lowest BCUT2D eigenvalue weighted by molar-refractivity contribution is 0.0951. The zero-order chi connectivity index (χ0) is 9.97. The molecular formula is C11H12N2O. The van der Waals surface area contributed by atoms with E-state index >= 15 is 0 Å². The number of carbonyl (C=O) groups excluding carboxylic acids is 1. The van der Waals surface area contributed by atoms with Crippen LogP contribution in [0.3, 0.4) is 0 Å². The highest BCUT2D eigenvalue weighted by atomic mass is 16.1. The van der Waals surface area contributed by atoms with E-state index in [-0.39, 0.29) is 5.91 Å². The number of rotatable bonds is 2. The molecule has 0 spiro atoms. The fourth-order valence-electron chi connectivity index (χ4n) is 1.45. The summed E-state index contributed by atoms with van der Waals surface area (Å²) in [7, 11) is 0. The van der Waals surface area contributed by atoms with Gasteiger partial charge in [-0.25, -0.2) is 0 Å². The van der Waals surface area contributed by atoms with Gasteiger partial charge in [-0.05, 0) is 19.1 Å². The molecule has 1 amide bonds. The summed E-state index contributed by atoms with van der Waals surface area (Å²) in [5.41, 5.74) is 1.61. The highest BCUT2D eigenvalue weighted by Gasteiger charge is 2.06. The van der Waals surface area contributed by atoms with Gasteiger partial charge in [-0.15, -0.1) is 0 Å². The maximum absolute atomic E-state index is 11.5. The van der Waals surface area contributed by atoms with E-state index in [1.807, 2.05) is 37.3 Å². The molecular weight excluding hydrogens is 176 g/mol. The summed E-state index contributed by atoms with van der Waals surface area (Å²) in [6, 6.07) is 9.70. The minimum absolute atomic E-state index is 0.0521. The molecule has 2 rings (SSSR count). The molecule has 3 heteroatoms. The van der Waals surface area contributed by atoms with Crippen LogP contribution in [-0.2, 0) is 0 Å². The first-order valence-electron chi connectivity index (χ1n) is 4.67. The monoisotopic (exact) mass is 188 g/mol. The molecule has 0 aliphatic heterocycles. The average Bonchev–Trinajstić information content (AvgIpc) is 2.61. The number of amides is 1. The van der Waals surface area contributed by atoms with Gasteiger partial charge in [-0.2, -0.15) is 0 Å². The normalized spacial score (nSPS) is 10.4. The molecule has 0 bridgehead atoms.